The van der Waals surface area contributed by atoms with Crippen LogP contribution in [0.25, 0.3) is 16.7 Å². The number of hydrogen-bond acceptors (Lipinski definition) is 6. The molecule has 8 nitrogen and oxygen atoms in total. The van der Waals surface area contributed by atoms with Gasteiger partial charge in [-0.2, -0.15) is 5.10 Å². The van der Waals surface area contributed by atoms with Crippen molar-refractivity contribution in [2.24, 2.45) is 0 Å². The van der Waals surface area contributed by atoms with Crippen LogP contribution in [0.2, 0.25) is 0 Å². The third-order valence-electron chi connectivity index (χ3n) is 5.17. The van der Waals surface area contributed by atoms with Crippen LogP contribution in [0.4, 0.5) is 5.82 Å². The fourth-order valence-electron chi connectivity index (χ4n) is 3.95. The van der Waals surface area contributed by atoms with Crippen molar-refractivity contribution in [2.75, 3.05) is 11.9 Å². The van der Waals surface area contributed by atoms with Gasteiger partial charge in [-0.25, -0.2) is 27.8 Å². The van der Waals surface area contributed by atoms with Gasteiger partial charge in [-0.3, -0.25) is 0 Å². The fourth-order valence-corrected chi connectivity index (χ4v) is 5.65. The van der Waals surface area contributed by atoms with Gasteiger partial charge in [0.2, 0.25) is 10.0 Å². The van der Waals surface area contributed by atoms with Crippen LogP contribution >= 0.6 is 0 Å². The van der Waals surface area contributed by atoms with Crippen molar-refractivity contribution in [1.82, 2.24) is 24.5 Å². The Hall–Kier alpha value is -3.30. The lowest BCUT2D eigenvalue weighted by Gasteiger charge is -2.18. The Labute approximate surface area is 187 Å². The summed E-state index contributed by atoms with van der Waals surface area (Å²) >= 11 is 0. The number of sulfonamides is 1. The summed E-state index contributed by atoms with van der Waals surface area (Å²) in [6.45, 7) is 7.76. The molecule has 0 saturated heterocycles. The Morgan fingerprint density at radius 1 is 1.03 bits per heavy atom. The van der Waals surface area contributed by atoms with Crippen LogP contribution in [0.15, 0.2) is 59.9 Å². The number of fused-ring (bicyclic) bond motifs is 1. The summed E-state index contributed by atoms with van der Waals surface area (Å²) in [5, 5.41) is 8.44. The number of nitrogens with one attached hydrogen (secondary N) is 2. The van der Waals surface area contributed by atoms with Gasteiger partial charge >= 0.3 is 0 Å². The number of aryl methyl sites for hydroxylation is 3. The molecule has 0 aliphatic heterocycles. The van der Waals surface area contributed by atoms with Gasteiger partial charge in [-0.1, -0.05) is 35.9 Å². The van der Waals surface area contributed by atoms with Crippen LogP contribution in [-0.4, -0.2) is 40.8 Å². The average Bonchev–Trinajstić information content (AvgIpc) is 3.16. The SMILES string of the molecule is Cc1cc(C)c(S(=O)(=O)NC(C)CNc2ncnc3c2cnn3-c2ccccc2)c(C)c1. The molecule has 32 heavy (non-hydrogen) atoms. The Kier molecular flexibility index (Phi) is 5.94. The van der Waals surface area contributed by atoms with E-state index in [0.717, 1.165) is 27.8 Å². The number of aromatic nitrogens is 4. The molecule has 4 aromatic rings. The zero-order valence-electron chi connectivity index (χ0n) is 18.5. The summed E-state index contributed by atoms with van der Waals surface area (Å²) in [4.78, 5) is 9.03. The summed E-state index contributed by atoms with van der Waals surface area (Å²) in [5.74, 6) is 0.603. The number of hydrogen-bond donors (Lipinski definition) is 2. The highest BCUT2D eigenvalue weighted by atomic mass is 32.2. The molecule has 1 atom stereocenters. The second-order valence-corrected chi connectivity index (χ2v) is 9.63. The molecule has 2 N–H and O–H groups in total. The number of rotatable bonds is 7. The van der Waals surface area contributed by atoms with E-state index in [1.54, 1.807) is 10.9 Å². The van der Waals surface area contributed by atoms with Crippen molar-refractivity contribution >= 4 is 26.9 Å². The molecule has 2 aromatic carbocycles. The molecule has 9 heteroatoms. The minimum absolute atomic E-state index is 0.337. The Morgan fingerprint density at radius 2 is 1.72 bits per heavy atom. The maximum absolute atomic E-state index is 13.0. The van der Waals surface area contributed by atoms with E-state index in [4.69, 9.17) is 0 Å². The largest absolute Gasteiger partial charge is 0.368 e. The van der Waals surface area contributed by atoms with Crippen molar-refractivity contribution < 1.29 is 8.42 Å². The van der Waals surface area contributed by atoms with Crippen molar-refractivity contribution in [3.8, 4) is 5.69 Å². The van der Waals surface area contributed by atoms with E-state index < -0.39 is 10.0 Å². The van der Waals surface area contributed by atoms with Crippen LogP contribution in [0.3, 0.4) is 0 Å². The molecule has 0 amide bonds. The molecule has 2 aromatic heterocycles. The predicted molar refractivity (Wildman–Crippen MR) is 126 cm³/mol. The van der Waals surface area contributed by atoms with Gasteiger partial charge in [0.15, 0.2) is 5.65 Å². The number of para-hydroxylation sites is 1. The highest BCUT2D eigenvalue weighted by Crippen LogP contribution is 2.23. The van der Waals surface area contributed by atoms with Crippen LogP contribution in [0.1, 0.15) is 23.6 Å². The molecule has 0 radical (unpaired) electrons. The Morgan fingerprint density at radius 3 is 2.41 bits per heavy atom. The molecular weight excluding hydrogens is 424 g/mol. The monoisotopic (exact) mass is 450 g/mol. The zero-order valence-corrected chi connectivity index (χ0v) is 19.3. The lowest BCUT2D eigenvalue weighted by molar-refractivity contribution is 0.564. The number of anilines is 1. The minimum atomic E-state index is -3.66. The molecular formula is C23H26N6O2S. The highest BCUT2D eigenvalue weighted by molar-refractivity contribution is 7.89. The summed E-state index contributed by atoms with van der Waals surface area (Å²) in [7, 11) is -3.66. The predicted octanol–water partition coefficient (Wildman–Crippen LogP) is 3.52. The first-order valence-electron chi connectivity index (χ1n) is 10.3. The maximum Gasteiger partial charge on any atom is 0.241 e. The summed E-state index contributed by atoms with van der Waals surface area (Å²) in [6, 6.07) is 13.1. The molecule has 0 aliphatic carbocycles. The van der Waals surface area contributed by atoms with E-state index in [0.29, 0.717) is 22.9 Å². The van der Waals surface area contributed by atoms with Crippen LogP contribution in [0.5, 0.6) is 0 Å². The first-order chi connectivity index (χ1) is 15.3. The van der Waals surface area contributed by atoms with E-state index in [1.807, 2.05) is 70.2 Å². The van der Waals surface area contributed by atoms with E-state index in [1.165, 1.54) is 6.33 Å². The third-order valence-corrected chi connectivity index (χ3v) is 7.07. The quantitative estimate of drug-likeness (QED) is 0.447. The Bertz CT molecular complexity index is 1340. The van der Waals surface area contributed by atoms with Gasteiger partial charge in [0, 0.05) is 12.6 Å². The third kappa shape index (κ3) is 4.35. The topological polar surface area (TPSA) is 102 Å². The molecule has 4 rings (SSSR count). The van der Waals surface area contributed by atoms with Crippen LogP contribution in [-0.2, 0) is 10.0 Å². The van der Waals surface area contributed by atoms with Crippen LogP contribution < -0.4 is 10.0 Å². The van der Waals surface area contributed by atoms with Crippen molar-refractivity contribution in [3.05, 3.63) is 71.7 Å². The molecule has 2 heterocycles. The van der Waals surface area contributed by atoms with Gasteiger partial charge in [0.1, 0.15) is 12.1 Å². The minimum Gasteiger partial charge on any atom is -0.368 e. The van der Waals surface area contributed by atoms with Gasteiger partial charge in [0.25, 0.3) is 0 Å². The van der Waals surface area contributed by atoms with E-state index >= 15 is 0 Å². The van der Waals surface area contributed by atoms with Crippen molar-refractivity contribution in [3.63, 3.8) is 0 Å². The lowest BCUT2D eigenvalue weighted by Crippen LogP contribution is -2.38. The lowest BCUT2D eigenvalue weighted by atomic mass is 10.1. The van der Waals surface area contributed by atoms with Crippen LogP contribution in [0, 0.1) is 20.8 Å². The van der Waals surface area contributed by atoms with E-state index in [9.17, 15) is 8.42 Å². The van der Waals surface area contributed by atoms with E-state index in [2.05, 4.69) is 25.1 Å². The molecule has 0 aliphatic rings. The summed E-state index contributed by atoms with van der Waals surface area (Å²) in [6.07, 6.45) is 3.18. The normalized spacial score (nSPS) is 12.8. The molecule has 0 saturated carbocycles. The van der Waals surface area contributed by atoms with Gasteiger partial charge in [0.05, 0.1) is 22.2 Å². The first-order valence-corrected chi connectivity index (χ1v) is 11.8. The number of nitrogens with zero attached hydrogens (tertiary/aromatic N) is 4. The smallest absolute Gasteiger partial charge is 0.241 e. The standard InChI is InChI=1S/C23H26N6O2S/c1-15-10-16(2)21(17(3)11-15)32(30,31)28-18(4)12-24-22-20-13-27-29(23(20)26-14-25-22)19-8-6-5-7-9-19/h5-11,13-14,18,28H,12H2,1-4H3,(H,24,25,26). The summed E-state index contributed by atoms with van der Waals surface area (Å²) < 4.78 is 30.5. The van der Waals surface area contributed by atoms with Crippen molar-refractivity contribution in [2.45, 2.75) is 38.6 Å². The average molecular weight is 451 g/mol. The summed E-state index contributed by atoms with van der Waals surface area (Å²) in [5.41, 5.74) is 4.09. The second kappa shape index (κ2) is 8.68. The zero-order chi connectivity index (χ0) is 22.9. The fraction of sp³-hybridized carbons (Fsp3) is 0.261. The number of benzene rings is 2. The maximum atomic E-state index is 13.0. The molecule has 0 bridgehead atoms. The Balaban J connectivity index is 1.51. The van der Waals surface area contributed by atoms with Crippen molar-refractivity contribution in [1.29, 1.82) is 0 Å². The second-order valence-electron chi connectivity index (χ2n) is 7.98. The molecule has 166 valence electrons. The molecule has 0 spiro atoms. The highest BCUT2D eigenvalue weighted by Gasteiger charge is 2.22. The molecule has 0 fully saturated rings. The molecule has 1 unspecified atom stereocenters. The van der Waals surface area contributed by atoms with Gasteiger partial charge < -0.3 is 5.32 Å². The van der Waals surface area contributed by atoms with Gasteiger partial charge in [-0.05, 0) is 51.0 Å². The van der Waals surface area contributed by atoms with E-state index in [-0.39, 0.29) is 6.04 Å². The van der Waals surface area contributed by atoms with Gasteiger partial charge in [-0.15, -0.1) is 0 Å². The first kappa shape index (κ1) is 21.9.